The Bertz CT molecular complexity index is 134. The van der Waals surface area contributed by atoms with Gasteiger partial charge in [-0.3, -0.25) is 4.79 Å². The molecule has 0 fully saturated rings. The van der Waals surface area contributed by atoms with Crippen molar-refractivity contribution < 1.29 is 9.59 Å². The second-order valence-electron chi connectivity index (χ2n) is 2.74. The van der Waals surface area contributed by atoms with Crippen molar-refractivity contribution in [2.45, 2.75) is 26.7 Å². The molecule has 64 valence electrons. The van der Waals surface area contributed by atoms with E-state index in [9.17, 15) is 9.59 Å². The molecular weight excluding hydrogens is 142 g/mol. The standard InChI is InChI=1S/C8H15NO2/c1-7(6-10)4-3-5-9-8(2)11/h6-7H,3-5H2,1-2H3,(H,9,11)/t7-/m0/s1. The summed E-state index contributed by atoms with van der Waals surface area (Å²) in [4.78, 5) is 20.5. The van der Waals surface area contributed by atoms with E-state index in [1.807, 2.05) is 6.92 Å². The van der Waals surface area contributed by atoms with E-state index in [1.54, 1.807) is 0 Å². The van der Waals surface area contributed by atoms with Crippen molar-refractivity contribution in [2.75, 3.05) is 6.54 Å². The van der Waals surface area contributed by atoms with Crippen LogP contribution in [-0.2, 0) is 9.59 Å². The van der Waals surface area contributed by atoms with Crippen LogP contribution in [0.1, 0.15) is 26.7 Å². The lowest BCUT2D eigenvalue weighted by Crippen LogP contribution is -2.21. The van der Waals surface area contributed by atoms with E-state index in [0.717, 1.165) is 19.1 Å². The molecule has 0 heterocycles. The summed E-state index contributed by atoms with van der Waals surface area (Å²) in [5, 5.41) is 2.67. The molecule has 3 nitrogen and oxygen atoms in total. The zero-order valence-electron chi connectivity index (χ0n) is 7.09. The Balaban J connectivity index is 3.14. The SMILES string of the molecule is CC(=O)NCCC[C@H](C)C=O. The summed E-state index contributed by atoms with van der Waals surface area (Å²) in [6.45, 7) is 4.04. The lowest BCUT2D eigenvalue weighted by atomic mass is 10.1. The van der Waals surface area contributed by atoms with E-state index in [1.165, 1.54) is 6.92 Å². The van der Waals surface area contributed by atoms with Gasteiger partial charge >= 0.3 is 0 Å². The van der Waals surface area contributed by atoms with Crippen LogP contribution in [0.15, 0.2) is 0 Å². The van der Waals surface area contributed by atoms with E-state index < -0.39 is 0 Å². The van der Waals surface area contributed by atoms with Gasteiger partial charge in [0.05, 0.1) is 0 Å². The van der Waals surface area contributed by atoms with Crippen molar-refractivity contribution in [3.63, 3.8) is 0 Å². The molecule has 1 atom stereocenters. The Morgan fingerprint density at radius 2 is 2.27 bits per heavy atom. The first-order valence-electron chi connectivity index (χ1n) is 3.86. The molecule has 0 aromatic rings. The van der Waals surface area contributed by atoms with Gasteiger partial charge in [0.1, 0.15) is 6.29 Å². The Hall–Kier alpha value is -0.860. The molecule has 0 spiro atoms. The molecule has 0 aliphatic heterocycles. The molecule has 1 N–H and O–H groups in total. The van der Waals surface area contributed by atoms with Gasteiger partial charge < -0.3 is 10.1 Å². The third-order valence-corrected chi connectivity index (χ3v) is 1.44. The van der Waals surface area contributed by atoms with Crippen molar-refractivity contribution in [3.05, 3.63) is 0 Å². The molecule has 0 rings (SSSR count). The topological polar surface area (TPSA) is 46.2 Å². The Morgan fingerprint density at radius 1 is 1.64 bits per heavy atom. The van der Waals surface area contributed by atoms with E-state index in [2.05, 4.69) is 5.32 Å². The molecule has 1 amide bonds. The summed E-state index contributed by atoms with van der Waals surface area (Å²) >= 11 is 0. The third-order valence-electron chi connectivity index (χ3n) is 1.44. The molecule has 3 heteroatoms. The van der Waals surface area contributed by atoms with Crippen LogP contribution < -0.4 is 5.32 Å². The molecule has 0 bridgehead atoms. The summed E-state index contributed by atoms with van der Waals surface area (Å²) in [6.07, 6.45) is 2.66. The lowest BCUT2D eigenvalue weighted by Gasteiger charge is -2.03. The van der Waals surface area contributed by atoms with Gasteiger partial charge in [0.25, 0.3) is 0 Å². The van der Waals surface area contributed by atoms with E-state index in [4.69, 9.17) is 0 Å². The van der Waals surface area contributed by atoms with E-state index in [0.29, 0.717) is 6.54 Å². The first-order valence-corrected chi connectivity index (χ1v) is 3.86. The molecule has 0 aromatic carbocycles. The fraction of sp³-hybridized carbons (Fsp3) is 0.750. The fourth-order valence-corrected chi connectivity index (χ4v) is 0.756. The van der Waals surface area contributed by atoms with Crippen molar-refractivity contribution >= 4 is 12.2 Å². The highest BCUT2D eigenvalue weighted by molar-refractivity contribution is 5.72. The van der Waals surface area contributed by atoms with Gasteiger partial charge in [-0.1, -0.05) is 6.92 Å². The summed E-state index contributed by atoms with van der Waals surface area (Å²) in [5.41, 5.74) is 0. The Morgan fingerprint density at radius 3 is 2.73 bits per heavy atom. The van der Waals surface area contributed by atoms with Gasteiger partial charge in [-0.15, -0.1) is 0 Å². The maximum atomic E-state index is 10.4. The molecule has 0 aliphatic rings. The predicted molar refractivity (Wildman–Crippen MR) is 43.1 cm³/mol. The molecule has 0 saturated carbocycles. The largest absolute Gasteiger partial charge is 0.356 e. The van der Waals surface area contributed by atoms with E-state index >= 15 is 0 Å². The van der Waals surface area contributed by atoms with Crippen molar-refractivity contribution in [3.8, 4) is 0 Å². The molecular formula is C8H15NO2. The van der Waals surface area contributed by atoms with Gasteiger partial charge in [-0.25, -0.2) is 0 Å². The molecule has 0 radical (unpaired) electrons. The quantitative estimate of drug-likeness (QED) is 0.472. The zero-order valence-corrected chi connectivity index (χ0v) is 7.09. The summed E-state index contributed by atoms with van der Waals surface area (Å²) in [6, 6.07) is 0. The minimum Gasteiger partial charge on any atom is -0.356 e. The van der Waals surface area contributed by atoms with Crippen LogP contribution in [0, 0.1) is 5.92 Å². The van der Waals surface area contributed by atoms with Crippen molar-refractivity contribution in [1.82, 2.24) is 5.32 Å². The first kappa shape index (κ1) is 10.1. The van der Waals surface area contributed by atoms with Gasteiger partial charge in [-0.05, 0) is 12.8 Å². The van der Waals surface area contributed by atoms with Crippen LogP contribution in [-0.4, -0.2) is 18.7 Å². The number of aldehydes is 1. The monoisotopic (exact) mass is 157 g/mol. The Labute approximate surface area is 67.2 Å². The van der Waals surface area contributed by atoms with Crippen LogP contribution in [0.5, 0.6) is 0 Å². The lowest BCUT2D eigenvalue weighted by molar-refractivity contribution is -0.118. The van der Waals surface area contributed by atoms with Gasteiger partial charge in [0.15, 0.2) is 0 Å². The van der Waals surface area contributed by atoms with Gasteiger partial charge in [0.2, 0.25) is 5.91 Å². The predicted octanol–water partition coefficient (Wildman–Crippen LogP) is 0.738. The van der Waals surface area contributed by atoms with E-state index in [-0.39, 0.29) is 11.8 Å². The second-order valence-corrected chi connectivity index (χ2v) is 2.74. The smallest absolute Gasteiger partial charge is 0.216 e. The highest BCUT2D eigenvalue weighted by atomic mass is 16.1. The summed E-state index contributed by atoms with van der Waals surface area (Å²) in [7, 11) is 0. The average Bonchev–Trinajstić information content (AvgIpc) is 1.97. The zero-order chi connectivity index (χ0) is 8.69. The second kappa shape index (κ2) is 5.89. The van der Waals surface area contributed by atoms with Crippen molar-refractivity contribution in [1.29, 1.82) is 0 Å². The van der Waals surface area contributed by atoms with Gasteiger partial charge in [0, 0.05) is 19.4 Å². The number of rotatable bonds is 5. The molecule has 0 saturated heterocycles. The fourth-order valence-electron chi connectivity index (χ4n) is 0.756. The maximum Gasteiger partial charge on any atom is 0.216 e. The number of amides is 1. The molecule has 11 heavy (non-hydrogen) atoms. The maximum absolute atomic E-state index is 10.4. The van der Waals surface area contributed by atoms with Crippen LogP contribution in [0.4, 0.5) is 0 Å². The van der Waals surface area contributed by atoms with Crippen molar-refractivity contribution in [2.24, 2.45) is 5.92 Å². The Kier molecular flexibility index (Phi) is 5.43. The third kappa shape index (κ3) is 7.03. The number of nitrogens with one attached hydrogen (secondary N) is 1. The summed E-state index contributed by atoms with van der Waals surface area (Å²) < 4.78 is 0. The molecule has 0 aromatic heterocycles. The number of hydrogen-bond donors (Lipinski definition) is 1. The number of carbonyl (C=O) groups is 2. The average molecular weight is 157 g/mol. The number of carbonyl (C=O) groups excluding carboxylic acids is 2. The first-order chi connectivity index (χ1) is 5.16. The van der Waals surface area contributed by atoms with Gasteiger partial charge in [-0.2, -0.15) is 0 Å². The van der Waals surface area contributed by atoms with Crippen LogP contribution in [0.2, 0.25) is 0 Å². The molecule has 0 unspecified atom stereocenters. The van der Waals surface area contributed by atoms with Crippen LogP contribution in [0.25, 0.3) is 0 Å². The summed E-state index contributed by atoms with van der Waals surface area (Å²) in [5.74, 6) is 0.104. The normalized spacial score (nSPS) is 12.2. The molecule has 0 aliphatic carbocycles. The van der Waals surface area contributed by atoms with Crippen LogP contribution >= 0.6 is 0 Å². The minimum absolute atomic E-state index is 0.0104. The highest BCUT2D eigenvalue weighted by Gasteiger charge is 1.98. The minimum atomic E-state index is -0.0104. The number of hydrogen-bond acceptors (Lipinski definition) is 2. The highest BCUT2D eigenvalue weighted by Crippen LogP contribution is 1.99. The van der Waals surface area contributed by atoms with Crippen LogP contribution in [0.3, 0.4) is 0 Å².